The van der Waals surface area contributed by atoms with Crippen molar-refractivity contribution in [2.24, 2.45) is 5.92 Å². The van der Waals surface area contributed by atoms with E-state index in [0.717, 1.165) is 37.8 Å². The number of piperidine rings is 1. The highest BCUT2D eigenvalue weighted by Gasteiger charge is 2.34. The molecule has 1 aromatic rings. The Kier molecular flexibility index (Phi) is 6.29. The number of carbonyl (C=O) groups excluding carboxylic acids is 1. The van der Waals surface area contributed by atoms with Gasteiger partial charge in [0.1, 0.15) is 5.82 Å². The lowest BCUT2D eigenvalue weighted by Crippen LogP contribution is -2.47. The van der Waals surface area contributed by atoms with Crippen LogP contribution in [0.15, 0.2) is 29.2 Å². The molecule has 144 valence electrons. The quantitative estimate of drug-likeness (QED) is 0.814. The Morgan fingerprint density at radius 1 is 1.00 bits per heavy atom. The first-order valence-corrected chi connectivity index (χ1v) is 11.0. The van der Waals surface area contributed by atoms with Gasteiger partial charge >= 0.3 is 0 Å². The summed E-state index contributed by atoms with van der Waals surface area (Å²) >= 11 is 0. The second kappa shape index (κ2) is 8.48. The minimum Gasteiger partial charge on any atom is -0.353 e. The molecule has 3 rings (SSSR count). The molecule has 1 atom stereocenters. The van der Waals surface area contributed by atoms with Crippen LogP contribution in [0.5, 0.6) is 0 Å². The first-order valence-electron chi connectivity index (χ1n) is 9.53. The Bertz CT molecular complexity index is 713. The average molecular weight is 383 g/mol. The highest BCUT2D eigenvalue weighted by atomic mass is 32.2. The van der Waals surface area contributed by atoms with E-state index in [2.05, 4.69) is 5.32 Å². The molecule has 5 nitrogen and oxygen atoms in total. The summed E-state index contributed by atoms with van der Waals surface area (Å²) in [5.74, 6) is -0.818. The normalized spacial score (nSPS) is 23.3. The molecule has 1 amide bonds. The van der Waals surface area contributed by atoms with E-state index in [-0.39, 0.29) is 29.3 Å². The summed E-state index contributed by atoms with van der Waals surface area (Å²) in [5.41, 5.74) is 0. The summed E-state index contributed by atoms with van der Waals surface area (Å²) in [7, 11) is -3.70. The lowest BCUT2D eigenvalue weighted by molar-refractivity contribution is -0.126. The van der Waals surface area contributed by atoms with Gasteiger partial charge in [0.15, 0.2) is 0 Å². The monoisotopic (exact) mass is 382 g/mol. The summed E-state index contributed by atoms with van der Waals surface area (Å²) in [6.07, 6.45) is 8.10. The molecule has 0 radical (unpaired) electrons. The van der Waals surface area contributed by atoms with Crippen LogP contribution in [0.25, 0.3) is 0 Å². The minimum atomic E-state index is -3.70. The Labute approximate surface area is 155 Å². The predicted octanol–water partition coefficient (Wildman–Crippen LogP) is 3.07. The molecule has 0 bridgehead atoms. The van der Waals surface area contributed by atoms with Gasteiger partial charge in [-0.1, -0.05) is 25.7 Å². The lowest BCUT2D eigenvalue weighted by atomic mass is 9.97. The number of hydrogen-bond donors (Lipinski definition) is 1. The molecule has 1 aliphatic carbocycles. The third-order valence-corrected chi connectivity index (χ3v) is 7.29. The fraction of sp³-hybridized carbons (Fsp3) is 0.632. The Hall–Kier alpha value is -1.47. The number of benzene rings is 1. The van der Waals surface area contributed by atoms with Gasteiger partial charge in [0.2, 0.25) is 15.9 Å². The maximum atomic E-state index is 13.1. The van der Waals surface area contributed by atoms with Crippen molar-refractivity contribution in [3.8, 4) is 0 Å². The van der Waals surface area contributed by atoms with Crippen molar-refractivity contribution < 1.29 is 17.6 Å². The van der Waals surface area contributed by atoms with E-state index in [1.165, 1.54) is 29.3 Å². The van der Waals surface area contributed by atoms with Gasteiger partial charge in [-0.05, 0) is 49.9 Å². The van der Waals surface area contributed by atoms with Gasteiger partial charge in [-0.15, -0.1) is 0 Å². The number of amides is 1. The smallest absolute Gasteiger partial charge is 0.243 e. The van der Waals surface area contributed by atoms with Crippen LogP contribution in [0.1, 0.15) is 51.4 Å². The van der Waals surface area contributed by atoms with Crippen LogP contribution in [0.4, 0.5) is 4.39 Å². The molecule has 0 unspecified atom stereocenters. The molecule has 0 spiro atoms. The van der Waals surface area contributed by atoms with Gasteiger partial charge in [0.25, 0.3) is 0 Å². The number of nitrogens with one attached hydrogen (secondary N) is 1. The number of hydrogen-bond acceptors (Lipinski definition) is 3. The van der Waals surface area contributed by atoms with E-state index in [4.69, 9.17) is 0 Å². The fourth-order valence-corrected chi connectivity index (χ4v) is 5.40. The van der Waals surface area contributed by atoms with Crippen molar-refractivity contribution in [3.05, 3.63) is 30.1 Å². The second-order valence-corrected chi connectivity index (χ2v) is 9.29. The van der Waals surface area contributed by atoms with Crippen molar-refractivity contribution in [1.29, 1.82) is 0 Å². The number of nitrogens with zero attached hydrogens (tertiary/aromatic N) is 1. The third-order valence-electron chi connectivity index (χ3n) is 5.41. The summed E-state index contributed by atoms with van der Waals surface area (Å²) in [4.78, 5) is 12.7. The number of carbonyl (C=O) groups is 1. The molecular weight excluding hydrogens is 355 g/mol. The van der Waals surface area contributed by atoms with E-state index in [1.54, 1.807) is 0 Å². The molecule has 1 saturated carbocycles. The highest BCUT2D eigenvalue weighted by molar-refractivity contribution is 7.89. The standard InChI is InChI=1S/C19H27FN2O3S/c20-16-9-11-18(12-10-16)26(24,25)22-13-5-6-15(14-22)19(23)21-17-7-3-1-2-4-8-17/h9-12,15,17H,1-8,13-14H2,(H,21,23)/t15-/m1/s1. The Balaban J connectivity index is 1.64. The topological polar surface area (TPSA) is 66.5 Å². The van der Waals surface area contributed by atoms with Gasteiger partial charge in [-0.3, -0.25) is 4.79 Å². The van der Waals surface area contributed by atoms with Crippen LogP contribution in [-0.4, -0.2) is 37.8 Å². The highest BCUT2D eigenvalue weighted by Crippen LogP contribution is 2.25. The Morgan fingerprint density at radius 3 is 2.31 bits per heavy atom. The maximum Gasteiger partial charge on any atom is 0.243 e. The van der Waals surface area contributed by atoms with Gasteiger partial charge < -0.3 is 5.32 Å². The average Bonchev–Trinajstić information content (AvgIpc) is 2.91. The molecule has 1 aromatic carbocycles. The second-order valence-electron chi connectivity index (χ2n) is 7.35. The zero-order chi connectivity index (χ0) is 18.6. The molecule has 2 aliphatic rings. The van der Waals surface area contributed by atoms with E-state index in [0.29, 0.717) is 19.4 Å². The molecular formula is C19H27FN2O3S. The molecule has 7 heteroatoms. The number of sulfonamides is 1. The SMILES string of the molecule is O=C(NC1CCCCCC1)[C@@H]1CCCN(S(=O)(=O)c2ccc(F)cc2)C1. The van der Waals surface area contributed by atoms with Gasteiger partial charge in [0.05, 0.1) is 10.8 Å². The van der Waals surface area contributed by atoms with Crippen LogP contribution in [0.2, 0.25) is 0 Å². The molecule has 1 aliphatic heterocycles. The largest absolute Gasteiger partial charge is 0.353 e. The van der Waals surface area contributed by atoms with Crippen LogP contribution in [0.3, 0.4) is 0 Å². The van der Waals surface area contributed by atoms with Crippen LogP contribution < -0.4 is 5.32 Å². The van der Waals surface area contributed by atoms with Crippen molar-refractivity contribution in [1.82, 2.24) is 9.62 Å². The number of halogens is 1. The predicted molar refractivity (Wildman–Crippen MR) is 97.5 cm³/mol. The maximum absolute atomic E-state index is 13.1. The van der Waals surface area contributed by atoms with Gasteiger partial charge in [-0.2, -0.15) is 4.31 Å². The number of rotatable bonds is 4. The molecule has 26 heavy (non-hydrogen) atoms. The molecule has 1 N–H and O–H groups in total. The van der Waals surface area contributed by atoms with Gasteiger partial charge in [-0.25, -0.2) is 12.8 Å². The zero-order valence-electron chi connectivity index (χ0n) is 15.0. The molecule has 2 fully saturated rings. The lowest BCUT2D eigenvalue weighted by Gasteiger charge is -2.32. The van der Waals surface area contributed by atoms with Crippen LogP contribution in [-0.2, 0) is 14.8 Å². The summed E-state index contributed by atoms with van der Waals surface area (Å²) in [5, 5.41) is 3.14. The van der Waals surface area contributed by atoms with Crippen LogP contribution >= 0.6 is 0 Å². The summed E-state index contributed by atoms with van der Waals surface area (Å²) < 4.78 is 40.0. The third kappa shape index (κ3) is 4.62. The van der Waals surface area contributed by atoms with E-state index >= 15 is 0 Å². The summed E-state index contributed by atoms with van der Waals surface area (Å²) in [6.45, 7) is 0.588. The molecule has 1 saturated heterocycles. The van der Waals surface area contributed by atoms with Crippen molar-refractivity contribution in [2.75, 3.05) is 13.1 Å². The van der Waals surface area contributed by atoms with Crippen molar-refractivity contribution in [2.45, 2.75) is 62.3 Å². The van der Waals surface area contributed by atoms with Crippen LogP contribution in [0, 0.1) is 11.7 Å². The first-order chi connectivity index (χ1) is 12.5. The minimum absolute atomic E-state index is 0.0316. The molecule has 1 heterocycles. The summed E-state index contributed by atoms with van der Waals surface area (Å²) in [6, 6.07) is 5.06. The van der Waals surface area contributed by atoms with Gasteiger partial charge in [0, 0.05) is 19.1 Å². The zero-order valence-corrected chi connectivity index (χ0v) is 15.8. The van der Waals surface area contributed by atoms with Crippen molar-refractivity contribution in [3.63, 3.8) is 0 Å². The van der Waals surface area contributed by atoms with E-state index in [1.807, 2.05) is 0 Å². The fourth-order valence-electron chi connectivity index (χ4n) is 3.87. The first kappa shape index (κ1) is 19.3. The van der Waals surface area contributed by atoms with E-state index in [9.17, 15) is 17.6 Å². The Morgan fingerprint density at radius 2 is 1.65 bits per heavy atom. The molecule has 0 aromatic heterocycles. The van der Waals surface area contributed by atoms with Crippen molar-refractivity contribution >= 4 is 15.9 Å². The van der Waals surface area contributed by atoms with E-state index < -0.39 is 15.8 Å².